The number of amides is 1. The molecule has 3 rings (SSSR count). The Morgan fingerprint density at radius 2 is 2.05 bits per heavy atom. The third-order valence-electron chi connectivity index (χ3n) is 4.06. The Labute approximate surface area is 118 Å². The number of rotatable bonds is 3. The molecule has 2 aliphatic heterocycles. The van der Waals surface area contributed by atoms with E-state index in [4.69, 9.17) is 15.2 Å². The van der Waals surface area contributed by atoms with Gasteiger partial charge in [0.2, 0.25) is 0 Å². The first kappa shape index (κ1) is 13.2. The van der Waals surface area contributed by atoms with Crippen molar-refractivity contribution in [3.05, 3.63) is 23.8 Å². The second-order valence-corrected chi connectivity index (χ2v) is 5.50. The van der Waals surface area contributed by atoms with Gasteiger partial charge in [0.05, 0.1) is 19.8 Å². The molecule has 20 heavy (non-hydrogen) atoms. The number of quaternary nitrogens is 1. The molecule has 2 atom stereocenters. The van der Waals surface area contributed by atoms with Crippen molar-refractivity contribution in [2.45, 2.75) is 25.3 Å². The first-order valence-corrected chi connectivity index (χ1v) is 7.26. The van der Waals surface area contributed by atoms with E-state index >= 15 is 0 Å². The zero-order valence-corrected chi connectivity index (χ0v) is 11.6. The minimum atomic E-state index is -0.235. The first-order valence-electron chi connectivity index (χ1n) is 7.26. The SMILES string of the molecule is NC(=O)C[NH+]1CCC[C@H]1c1ccc2c(c1)OCCCO2. The second-order valence-electron chi connectivity index (χ2n) is 5.50. The molecule has 1 fully saturated rings. The van der Waals surface area contributed by atoms with Crippen LogP contribution in [0.25, 0.3) is 0 Å². The van der Waals surface area contributed by atoms with Gasteiger partial charge < -0.3 is 20.1 Å². The summed E-state index contributed by atoms with van der Waals surface area (Å²) in [6.07, 6.45) is 3.12. The van der Waals surface area contributed by atoms with Crippen LogP contribution in [-0.2, 0) is 4.79 Å². The van der Waals surface area contributed by atoms with Crippen molar-refractivity contribution in [2.75, 3.05) is 26.3 Å². The van der Waals surface area contributed by atoms with Crippen LogP contribution in [0.5, 0.6) is 11.5 Å². The molecule has 1 amide bonds. The van der Waals surface area contributed by atoms with Crippen LogP contribution in [0.4, 0.5) is 0 Å². The van der Waals surface area contributed by atoms with Crippen LogP contribution in [0, 0.1) is 0 Å². The topological polar surface area (TPSA) is 66.0 Å². The number of hydrogen-bond acceptors (Lipinski definition) is 3. The number of likely N-dealkylation sites (tertiary alicyclic amines) is 1. The van der Waals surface area contributed by atoms with E-state index in [2.05, 4.69) is 12.1 Å². The third kappa shape index (κ3) is 2.72. The Morgan fingerprint density at radius 1 is 1.25 bits per heavy atom. The fraction of sp³-hybridized carbons (Fsp3) is 0.533. The molecular formula is C15H21N2O3+. The maximum absolute atomic E-state index is 11.2. The van der Waals surface area contributed by atoms with Crippen molar-refractivity contribution in [1.29, 1.82) is 0 Å². The summed E-state index contributed by atoms with van der Waals surface area (Å²) in [6, 6.07) is 6.47. The molecule has 5 heteroatoms. The molecule has 0 radical (unpaired) electrons. The molecule has 5 nitrogen and oxygen atoms in total. The molecule has 0 spiro atoms. The smallest absolute Gasteiger partial charge is 0.272 e. The monoisotopic (exact) mass is 277 g/mol. The van der Waals surface area contributed by atoms with E-state index in [1.807, 2.05) is 6.07 Å². The zero-order chi connectivity index (χ0) is 13.9. The number of hydrogen-bond donors (Lipinski definition) is 2. The normalized spacial score (nSPS) is 25.2. The average Bonchev–Trinajstić information content (AvgIpc) is 2.74. The van der Waals surface area contributed by atoms with Gasteiger partial charge >= 0.3 is 0 Å². The van der Waals surface area contributed by atoms with Gasteiger partial charge in [-0.3, -0.25) is 4.79 Å². The van der Waals surface area contributed by atoms with E-state index in [9.17, 15) is 4.79 Å². The molecule has 3 N–H and O–H groups in total. The Hall–Kier alpha value is -1.75. The summed E-state index contributed by atoms with van der Waals surface area (Å²) in [4.78, 5) is 12.4. The maximum Gasteiger partial charge on any atom is 0.272 e. The van der Waals surface area contributed by atoms with Gasteiger partial charge in [0.25, 0.3) is 5.91 Å². The summed E-state index contributed by atoms with van der Waals surface area (Å²) in [7, 11) is 0. The van der Waals surface area contributed by atoms with E-state index in [0.29, 0.717) is 25.8 Å². The number of nitrogens with two attached hydrogens (primary N) is 1. The fourth-order valence-electron chi connectivity index (χ4n) is 3.15. The predicted molar refractivity (Wildman–Crippen MR) is 73.9 cm³/mol. The number of carbonyl (C=O) groups excluding carboxylic acids is 1. The predicted octanol–water partition coefficient (Wildman–Crippen LogP) is 0.0530. The lowest BCUT2D eigenvalue weighted by Gasteiger charge is -2.21. The lowest BCUT2D eigenvalue weighted by molar-refractivity contribution is -0.910. The van der Waals surface area contributed by atoms with Crippen LogP contribution in [0.3, 0.4) is 0 Å². The van der Waals surface area contributed by atoms with Crippen molar-refractivity contribution in [1.82, 2.24) is 0 Å². The quantitative estimate of drug-likeness (QED) is 0.820. The summed E-state index contributed by atoms with van der Waals surface area (Å²) in [5.74, 6) is 1.41. The van der Waals surface area contributed by atoms with Crippen molar-refractivity contribution >= 4 is 5.91 Å². The van der Waals surface area contributed by atoms with Crippen molar-refractivity contribution in [3.63, 3.8) is 0 Å². The Balaban J connectivity index is 1.82. The van der Waals surface area contributed by atoms with Gasteiger partial charge in [-0.15, -0.1) is 0 Å². The highest BCUT2D eigenvalue weighted by atomic mass is 16.5. The Bertz CT molecular complexity index is 504. The molecule has 108 valence electrons. The lowest BCUT2D eigenvalue weighted by Crippen LogP contribution is -3.11. The van der Waals surface area contributed by atoms with Crippen molar-refractivity contribution < 1.29 is 19.2 Å². The molecular weight excluding hydrogens is 256 g/mol. The van der Waals surface area contributed by atoms with Crippen LogP contribution in [0.1, 0.15) is 30.9 Å². The van der Waals surface area contributed by atoms with Crippen LogP contribution < -0.4 is 20.1 Å². The van der Waals surface area contributed by atoms with Crippen LogP contribution in [0.2, 0.25) is 0 Å². The standard InChI is InChI=1S/C15H20N2O3/c16-15(18)10-17-6-1-3-12(17)11-4-5-13-14(9-11)20-8-2-7-19-13/h4-5,9,12H,1-3,6-8,10H2,(H2,16,18)/p+1/t12-/m0/s1. The van der Waals surface area contributed by atoms with Crippen LogP contribution >= 0.6 is 0 Å². The van der Waals surface area contributed by atoms with E-state index < -0.39 is 0 Å². The van der Waals surface area contributed by atoms with Crippen molar-refractivity contribution in [3.8, 4) is 11.5 Å². The molecule has 2 aliphatic rings. The lowest BCUT2D eigenvalue weighted by atomic mass is 10.0. The summed E-state index contributed by atoms with van der Waals surface area (Å²) in [5, 5.41) is 0. The van der Waals surface area contributed by atoms with Gasteiger partial charge in [-0.25, -0.2) is 0 Å². The fourth-order valence-corrected chi connectivity index (χ4v) is 3.15. The van der Waals surface area contributed by atoms with Crippen LogP contribution in [-0.4, -0.2) is 32.2 Å². The molecule has 0 aliphatic carbocycles. The first-order chi connectivity index (χ1) is 9.74. The third-order valence-corrected chi connectivity index (χ3v) is 4.06. The number of benzene rings is 1. The minimum Gasteiger partial charge on any atom is -0.490 e. The van der Waals surface area contributed by atoms with Gasteiger partial charge in [0.15, 0.2) is 18.0 Å². The Morgan fingerprint density at radius 3 is 2.85 bits per heavy atom. The number of primary amides is 1. The average molecular weight is 277 g/mol. The van der Waals surface area contributed by atoms with Gasteiger partial charge in [0, 0.05) is 24.8 Å². The zero-order valence-electron chi connectivity index (χ0n) is 11.6. The maximum atomic E-state index is 11.2. The van der Waals surface area contributed by atoms with E-state index in [-0.39, 0.29) is 5.91 Å². The minimum absolute atomic E-state index is 0.235. The van der Waals surface area contributed by atoms with Gasteiger partial charge in [-0.2, -0.15) is 0 Å². The summed E-state index contributed by atoms with van der Waals surface area (Å²) < 4.78 is 11.4. The largest absolute Gasteiger partial charge is 0.490 e. The molecule has 0 aromatic heterocycles. The molecule has 0 bridgehead atoms. The molecule has 1 aromatic carbocycles. The summed E-state index contributed by atoms with van der Waals surface area (Å²) in [6.45, 7) is 2.80. The van der Waals surface area contributed by atoms with Crippen molar-refractivity contribution in [2.24, 2.45) is 5.73 Å². The van der Waals surface area contributed by atoms with Gasteiger partial charge in [-0.05, 0) is 18.2 Å². The highest BCUT2D eigenvalue weighted by molar-refractivity contribution is 5.74. The van der Waals surface area contributed by atoms with Gasteiger partial charge in [0.1, 0.15) is 6.04 Å². The van der Waals surface area contributed by atoms with E-state index in [1.54, 1.807) is 0 Å². The number of carbonyl (C=O) groups is 1. The molecule has 2 heterocycles. The van der Waals surface area contributed by atoms with Gasteiger partial charge in [-0.1, -0.05) is 0 Å². The second kappa shape index (κ2) is 5.71. The molecule has 1 saturated heterocycles. The number of nitrogens with one attached hydrogen (secondary N) is 1. The Kier molecular flexibility index (Phi) is 3.78. The van der Waals surface area contributed by atoms with E-state index in [1.165, 1.54) is 10.5 Å². The summed E-state index contributed by atoms with van der Waals surface area (Å²) >= 11 is 0. The number of fused-ring (bicyclic) bond motifs is 1. The number of ether oxygens (including phenoxy) is 2. The highest BCUT2D eigenvalue weighted by Crippen LogP contribution is 2.33. The molecule has 1 unspecified atom stereocenters. The highest BCUT2D eigenvalue weighted by Gasteiger charge is 2.31. The van der Waals surface area contributed by atoms with Crippen LogP contribution in [0.15, 0.2) is 18.2 Å². The molecule has 1 aromatic rings. The van der Waals surface area contributed by atoms with E-state index in [0.717, 1.165) is 37.3 Å². The summed E-state index contributed by atoms with van der Waals surface area (Å²) in [5.41, 5.74) is 6.55. The molecule has 0 saturated carbocycles.